The van der Waals surface area contributed by atoms with Crippen molar-refractivity contribution in [1.29, 1.82) is 0 Å². The van der Waals surface area contributed by atoms with Gasteiger partial charge in [-0.1, -0.05) is 141 Å². The standard InChI is InChI=1S/C39H73NO12S/c1-3-5-7-9-11-13-14-15-16-17-18-20-21-23-25-27-32(42)31(40-38(46)33(43)28-26-24-22-19-12-10-8-6-4-2)30-50-39-36(45)37(52-53(47,48)49)35(44)34(29-41)51-39/h10,12,25,27,31-37,39,41-45H,3-9,11,13-24,26,28-30H2,1-2H3,(H,40,46)(H,47,48,49)/b12-10-,27-25+. The molecule has 0 bridgehead atoms. The molecule has 13 nitrogen and oxygen atoms in total. The van der Waals surface area contributed by atoms with Crippen molar-refractivity contribution in [2.24, 2.45) is 0 Å². The van der Waals surface area contributed by atoms with Crippen LogP contribution in [0.4, 0.5) is 0 Å². The number of allylic oxidation sites excluding steroid dienone is 3. The molecule has 312 valence electrons. The Bertz CT molecular complexity index is 1070. The number of carbonyl (C=O) groups is 1. The summed E-state index contributed by atoms with van der Waals surface area (Å²) in [6.07, 6.45) is 20.0. The lowest BCUT2D eigenvalue weighted by Gasteiger charge is -2.41. The molecule has 7 N–H and O–H groups in total. The van der Waals surface area contributed by atoms with E-state index in [1.165, 1.54) is 70.3 Å². The fourth-order valence-electron chi connectivity index (χ4n) is 6.26. The lowest BCUT2D eigenvalue weighted by molar-refractivity contribution is -0.298. The monoisotopic (exact) mass is 779 g/mol. The Morgan fingerprint density at radius 3 is 1.81 bits per heavy atom. The summed E-state index contributed by atoms with van der Waals surface area (Å²) >= 11 is 0. The minimum Gasteiger partial charge on any atom is -0.394 e. The minimum atomic E-state index is -5.11. The molecular weight excluding hydrogens is 706 g/mol. The normalized spacial score (nSPS) is 22.8. The molecule has 1 aliphatic rings. The van der Waals surface area contributed by atoms with E-state index < -0.39 is 78.5 Å². The van der Waals surface area contributed by atoms with Crippen LogP contribution in [-0.4, -0.2) is 107 Å². The number of hydrogen-bond acceptors (Lipinski definition) is 11. The molecule has 1 amide bonds. The van der Waals surface area contributed by atoms with Gasteiger partial charge in [-0.3, -0.25) is 9.35 Å². The van der Waals surface area contributed by atoms with Crippen molar-refractivity contribution in [2.75, 3.05) is 13.2 Å². The van der Waals surface area contributed by atoms with Gasteiger partial charge in [0.2, 0.25) is 5.91 Å². The van der Waals surface area contributed by atoms with Crippen LogP contribution in [-0.2, 0) is 28.9 Å². The third kappa shape index (κ3) is 23.9. The van der Waals surface area contributed by atoms with Crippen LogP contribution in [0.15, 0.2) is 24.3 Å². The highest BCUT2D eigenvalue weighted by atomic mass is 32.3. The van der Waals surface area contributed by atoms with Crippen LogP contribution in [0.1, 0.15) is 155 Å². The number of rotatable bonds is 33. The van der Waals surface area contributed by atoms with E-state index in [1.807, 2.05) is 6.08 Å². The van der Waals surface area contributed by atoms with E-state index in [-0.39, 0.29) is 6.42 Å². The van der Waals surface area contributed by atoms with E-state index in [0.29, 0.717) is 12.8 Å². The minimum absolute atomic E-state index is 0.221. The maximum atomic E-state index is 13.0. The van der Waals surface area contributed by atoms with Gasteiger partial charge in [0.1, 0.15) is 30.5 Å². The topological polar surface area (TPSA) is 212 Å². The molecule has 0 aromatic rings. The maximum absolute atomic E-state index is 13.0. The van der Waals surface area contributed by atoms with Crippen LogP contribution < -0.4 is 5.32 Å². The zero-order chi connectivity index (χ0) is 39.3. The average Bonchev–Trinajstić information content (AvgIpc) is 3.12. The van der Waals surface area contributed by atoms with Crippen LogP contribution in [0.5, 0.6) is 0 Å². The van der Waals surface area contributed by atoms with Crippen molar-refractivity contribution in [3.63, 3.8) is 0 Å². The van der Waals surface area contributed by atoms with Gasteiger partial charge in [-0.2, -0.15) is 8.42 Å². The Morgan fingerprint density at radius 1 is 0.755 bits per heavy atom. The molecule has 1 fully saturated rings. The summed E-state index contributed by atoms with van der Waals surface area (Å²) in [6, 6.07) is -1.12. The number of unbranched alkanes of at least 4 members (excludes halogenated alkanes) is 18. The van der Waals surface area contributed by atoms with Gasteiger partial charge in [0.15, 0.2) is 6.29 Å². The van der Waals surface area contributed by atoms with Crippen molar-refractivity contribution >= 4 is 16.3 Å². The fourth-order valence-corrected chi connectivity index (χ4v) is 6.77. The van der Waals surface area contributed by atoms with Gasteiger partial charge in [0.25, 0.3) is 0 Å². The molecule has 0 saturated carbocycles. The second-order valence-corrected chi connectivity index (χ2v) is 15.4. The molecule has 1 aliphatic heterocycles. The van der Waals surface area contributed by atoms with Crippen LogP contribution in [0.2, 0.25) is 0 Å². The van der Waals surface area contributed by atoms with Gasteiger partial charge >= 0.3 is 10.4 Å². The van der Waals surface area contributed by atoms with E-state index in [0.717, 1.165) is 57.8 Å². The van der Waals surface area contributed by atoms with Gasteiger partial charge < -0.3 is 40.3 Å². The van der Waals surface area contributed by atoms with Gasteiger partial charge in [0, 0.05) is 0 Å². The van der Waals surface area contributed by atoms with Crippen molar-refractivity contribution in [2.45, 2.75) is 204 Å². The van der Waals surface area contributed by atoms with E-state index >= 15 is 0 Å². The first-order valence-corrected chi connectivity index (χ1v) is 21.7. The SMILES string of the molecule is CCCC/C=C\CCCCCC(O)C(=O)NC(COC1OC(CO)C(O)C(OS(=O)(=O)O)C1O)C(O)/C=C/CCCCCCCCCCCCCCC. The molecule has 0 aromatic heterocycles. The lowest BCUT2D eigenvalue weighted by Crippen LogP contribution is -2.61. The van der Waals surface area contributed by atoms with Crippen LogP contribution in [0.3, 0.4) is 0 Å². The summed E-state index contributed by atoms with van der Waals surface area (Å²) in [5.41, 5.74) is 0. The predicted octanol–water partition coefficient (Wildman–Crippen LogP) is 5.57. The fraction of sp³-hybridized carbons (Fsp3) is 0.872. The van der Waals surface area contributed by atoms with E-state index in [4.69, 9.17) is 14.0 Å². The second kappa shape index (κ2) is 30.7. The summed E-state index contributed by atoms with van der Waals surface area (Å²) in [7, 11) is -5.11. The number of hydrogen-bond donors (Lipinski definition) is 7. The first-order valence-electron chi connectivity index (χ1n) is 20.3. The van der Waals surface area contributed by atoms with Gasteiger partial charge in [-0.25, -0.2) is 4.18 Å². The number of nitrogens with one attached hydrogen (secondary N) is 1. The Hall–Kier alpha value is -1.46. The highest BCUT2D eigenvalue weighted by Crippen LogP contribution is 2.26. The van der Waals surface area contributed by atoms with E-state index in [9.17, 15) is 38.7 Å². The first-order chi connectivity index (χ1) is 25.4. The maximum Gasteiger partial charge on any atom is 0.397 e. The Kier molecular flexibility index (Phi) is 28.7. The quantitative estimate of drug-likeness (QED) is 0.0248. The molecule has 14 heteroatoms. The van der Waals surface area contributed by atoms with Gasteiger partial charge in [-0.15, -0.1) is 0 Å². The second-order valence-electron chi connectivity index (χ2n) is 14.4. The number of aliphatic hydroxyl groups excluding tert-OH is 5. The van der Waals surface area contributed by atoms with Crippen molar-refractivity contribution in [3.8, 4) is 0 Å². The van der Waals surface area contributed by atoms with Crippen LogP contribution in [0.25, 0.3) is 0 Å². The van der Waals surface area contributed by atoms with E-state index in [1.54, 1.807) is 0 Å². The number of carbonyl (C=O) groups excluding carboxylic acids is 1. The molecule has 53 heavy (non-hydrogen) atoms. The van der Waals surface area contributed by atoms with Crippen molar-refractivity contribution in [3.05, 3.63) is 24.3 Å². The highest BCUT2D eigenvalue weighted by molar-refractivity contribution is 7.80. The lowest BCUT2D eigenvalue weighted by atomic mass is 9.99. The zero-order valence-electron chi connectivity index (χ0n) is 32.4. The Balaban J connectivity index is 2.69. The smallest absolute Gasteiger partial charge is 0.394 e. The highest BCUT2D eigenvalue weighted by Gasteiger charge is 2.48. The summed E-state index contributed by atoms with van der Waals surface area (Å²) in [5.74, 6) is -0.719. The molecule has 1 heterocycles. The largest absolute Gasteiger partial charge is 0.397 e. The number of amides is 1. The van der Waals surface area contributed by atoms with Gasteiger partial charge in [0.05, 0.1) is 25.4 Å². The molecule has 0 spiro atoms. The first kappa shape index (κ1) is 49.6. The summed E-state index contributed by atoms with van der Waals surface area (Å²) < 4.78 is 47.3. The Labute approximate surface area is 319 Å². The van der Waals surface area contributed by atoms with Crippen molar-refractivity contribution < 1.29 is 57.0 Å². The molecule has 8 atom stereocenters. The third-order valence-electron chi connectivity index (χ3n) is 9.58. The van der Waals surface area contributed by atoms with Crippen LogP contribution in [0, 0.1) is 0 Å². The number of ether oxygens (including phenoxy) is 2. The van der Waals surface area contributed by atoms with E-state index in [2.05, 4.69) is 35.5 Å². The summed E-state index contributed by atoms with van der Waals surface area (Å²) in [5, 5.41) is 54.8. The number of aliphatic hydroxyl groups is 5. The molecule has 0 aliphatic carbocycles. The molecule has 1 saturated heterocycles. The molecule has 0 radical (unpaired) electrons. The molecule has 8 unspecified atom stereocenters. The van der Waals surface area contributed by atoms with Crippen molar-refractivity contribution in [1.82, 2.24) is 5.32 Å². The van der Waals surface area contributed by atoms with Crippen LogP contribution >= 0.6 is 0 Å². The van der Waals surface area contributed by atoms with Gasteiger partial charge in [-0.05, 0) is 38.5 Å². The third-order valence-corrected chi connectivity index (χ3v) is 10.0. The predicted molar refractivity (Wildman–Crippen MR) is 205 cm³/mol. The molecule has 1 rings (SSSR count). The molecule has 0 aromatic carbocycles. The average molecular weight is 780 g/mol. The summed E-state index contributed by atoms with van der Waals surface area (Å²) in [4.78, 5) is 13.0. The zero-order valence-corrected chi connectivity index (χ0v) is 33.3. The summed E-state index contributed by atoms with van der Waals surface area (Å²) in [6.45, 7) is 3.12. The molecular formula is C39H73NO12S. The Morgan fingerprint density at radius 2 is 1.26 bits per heavy atom.